The summed E-state index contributed by atoms with van der Waals surface area (Å²) >= 11 is 0. The van der Waals surface area contributed by atoms with Gasteiger partial charge < -0.3 is 20.9 Å². The van der Waals surface area contributed by atoms with Crippen LogP contribution in [0.5, 0.6) is 5.75 Å². The Kier molecular flexibility index (Phi) is 5.65. The summed E-state index contributed by atoms with van der Waals surface area (Å²) in [5.74, 6) is -3.45. The average molecular weight is 298 g/mol. The van der Waals surface area contributed by atoms with Gasteiger partial charge in [0.05, 0.1) is 7.11 Å². The van der Waals surface area contributed by atoms with E-state index in [9.17, 15) is 18.8 Å². The van der Waals surface area contributed by atoms with Crippen molar-refractivity contribution in [3.8, 4) is 5.75 Å². The second-order valence-corrected chi connectivity index (χ2v) is 4.22. The SMILES string of the molecule is COc1cc(C(=O)N[C@@H](CCC(N)=O)C(=O)O)ccc1F. The van der Waals surface area contributed by atoms with Crippen LogP contribution in [0.1, 0.15) is 23.2 Å². The molecule has 0 saturated carbocycles. The van der Waals surface area contributed by atoms with E-state index < -0.39 is 29.6 Å². The van der Waals surface area contributed by atoms with Gasteiger partial charge in [-0.25, -0.2) is 9.18 Å². The first-order chi connectivity index (χ1) is 9.85. The van der Waals surface area contributed by atoms with Gasteiger partial charge in [0, 0.05) is 12.0 Å². The summed E-state index contributed by atoms with van der Waals surface area (Å²) in [7, 11) is 1.24. The molecule has 0 radical (unpaired) electrons. The number of halogens is 1. The fourth-order valence-corrected chi connectivity index (χ4v) is 1.59. The molecule has 0 saturated heterocycles. The molecule has 0 bridgehead atoms. The van der Waals surface area contributed by atoms with Crippen LogP contribution < -0.4 is 15.8 Å². The van der Waals surface area contributed by atoms with Crippen molar-refractivity contribution in [3.63, 3.8) is 0 Å². The van der Waals surface area contributed by atoms with E-state index in [0.29, 0.717) is 0 Å². The van der Waals surface area contributed by atoms with Crippen LogP contribution in [0, 0.1) is 5.82 Å². The van der Waals surface area contributed by atoms with Gasteiger partial charge in [-0.3, -0.25) is 9.59 Å². The van der Waals surface area contributed by atoms with Crippen molar-refractivity contribution in [3.05, 3.63) is 29.6 Å². The zero-order valence-electron chi connectivity index (χ0n) is 11.3. The van der Waals surface area contributed by atoms with Crippen molar-refractivity contribution < 1.29 is 28.6 Å². The van der Waals surface area contributed by atoms with Gasteiger partial charge in [-0.2, -0.15) is 0 Å². The lowest BCUT2D eigenvalue weighted by Gasteiger charge is -2.14. The van der Waals surface area contributed by atoms with Gasteiger partial charge in [0.15, 0.2) is 11.6 Å². The van der Waals surface area contributed by atoms with E-state index in [-0.39, 0.29) is 24.2 Å². The van der Waals surface area contributed by atoms with E-state index in [1.165, 1.54) is 13.2 Å². The maximum atomic E-state index is 13.2. The fraction of sp³-hybridized carbons (Fsp3) is 0.308. The van der Waals surface area contributed by atoms with E-state index >= 15 is 0 Å². The third kappa shape index (κ3) is 4.75. The van der Waals surface area contributed by atoms with E-state index in [1.807, 2.05) is 0 Å². The van der Waals surface area contributed by atoms with E-state index in [4.69, 9.17) is 15.6 Å². The summed E-state index contributed by atoms with van der Waals surface area (Å²) < 4.78 is 18.0. The number of benzene rings is 1. The lowest BCUT2D eigenvalue weighted by Crippen LogP contribution is -2.41. The third-order valence-electron chi connectivity index (χ3n) is 2.70. The molecule has 0 spiro atoms. The summed E-state index contributed by atoms with van der Waals surface area (Å²) in [5.41, 5.74) is 4.97. The molecule has 2 amide bonds. The van der Waals surface area contributed by atoms with Gasteiger partial charge in [-0.05, 0) is 24.6 Å². The molecule has 0 heterocycles. The Morgan fingerprint density at radius 3 is 2.62 bits per heavy atom. The number of aliphatic carboxylic acids is 1. The molecule has 4 N–H and O–H groups in total. The topological polar surface area (TPSA) is 119 Å². The molecule has 1 aromatic rings. The van der Waals surface area contributed by atoms with Crippen LogP contribution in [0.3, 0.4) is 0 Å². The number of carbonyl (C=O) groups is 3. The molecule has 0 unspecified atom stereocenters. The summed E-state index contributed by atoms with van der Waals surface area (Å²) in [6, 6.07) is 2.12. The molecular weight excluding hydrogens is 283 g/mol. The average Bonchev–Trinajstić information content (AvgIpc) is 2.43. The van der Waals surface area contributed by atoms with Gasteiger partial charge in [-0.15, -0.1) is 0 Å². The smallest absolute Gasteiger partial charge is 0.326 e. The monoisotopic (exact) mass is 298 g/mol. The molecular formula is C13H15FN2O5. The number of amides is 2. The van der Waals surface area contributed by atoms with Crippen LogP contribution in [0.15, 0.2) is 18.2 Å². The number of ether oxygens (including phenoxy) is 1. The zero-order chi connectivity index (χ0) is 16.0. The van der Waals surface area contributed by atoms with Crippen molar-refractivity contribution in [2.45, 2.75) is 18.9 Å². The number of methoxy groups -OCH3 is 1. The molecule has 7 nitrogen and oxygen atoms in total. The summed E-state index contributed by atoms with van der Waals surface area (Å²) in [6.07, 6.45) is -0.307. The van der Waals surface area contributed by atoms with Crippen LogP contribution in [-0.4, -0.2) is 36.0 Å². The van der Waals surface area contributed by atoms with E-state index in [1.54, 1.807) is 0 Å². The largest absolute Gasteiger partial charge is 0.494 e. The van der Waals surface area contributed by atoms with Gasteiger partial charge in [0.1, 0.15) is 6.04 Å². The molecule has 1 aromatic carbocycles. The second kappa shape index (κ2) is 7.22. The first-order valence-corrected chi connectivity index (χ1v) is 6.00. The number of hydrogen-bond acceptors (Lipinski definition) is 4. The minimum absolute atomic E-state index is 0.0403. The lowest BCUT2D eigenvalue weighted by atomic mass is 10.1. The molecule has 1 atom stereocenters. The van der Waals surface area contributed by atoms with E-state index in [2.05, 4.69) is 5.32 Å². The molecule has 0 fully saturated rings. The summed E-state index contributed by atoms with van der Waals surface area (Å²) in [6.45, 7) is 0. The Balaban J connectivity index is 2.81. The molecule has 0 aromatic heterocycles. The van der Waals surface area contributed by atoms with Gasteiger partial charge in [-0.1, -0.05) is 0 Å². The third-order valence-corrected chi connectivity index (χ3v) is 2.70. The van der Waals surface area contributed by atoms with Crippen LogP contribution >= 0.6 is 0 Å². The molecule has 1 rings (SSSR count). The fourth-order valence-electron chi connectivity index (χ4n) is 1.59. The number of rotatable bonds is 7. The normalized spacial score (nSPS) is 11.5. The Hall–Kier alpha value is -2.64. The molecule has 0 aliphatic rings. The van der Waals surface area contributed by atoms with E-state index in [0.717, 1.165) is 12.1 Å². The number of nitrogens with one attached hydrogen (secondary N) is 1. The van der Waals surface area contributed by atoms with Crippen molar-refractivity contribution in [1.82, 2.24) is 5.32 Å². The second-order valence-electron chi connectivity index (χ2n) is 4.22. The predicted molar refractivity (Wildman–Crippen MR) is 70.3 cm³/mol. The highest BCUT2D eigenvalue weighted by molar-refractivity contribution is 5.97. The summed E-state index contributed by atoms with van der Waals surface area (Å²) in [4.78, 5) is 33.6. The zero-order valence-corrected chi connectivity index (χ0v) is 11.3. The number of carboxylic acids is 1. The Labute approximate surface area is 119 Å². The number of hydrogen-bond donors (Lipinski definition) is 3. The standard InChI is InChI=1S/C13H15FN2O5/c1-21-10-6-7(2-3-8(10)14)12(18)16-9(13(19)20)4-5-11(15)17/h2-3,6,9H,4-5H2,1H3,(H2,15,17)(H,16,18)(H,19,20)/t9-/m0/s1. The van der Waals surface area contributed by atoms with Crippen LogP contribution in [0.4, 0.5) is 4.39 Å². The maximum absolute atomic E-state index is 13.2. The number of carbonyl (C=O) groups excluding carboxylic acids is 2. The maximum Gasteiger partial charge on any atom is 0.326 e. The van der Waals surface area contributed by atoms with Crippen molar-refractivity contribution >= 4 is 17.8 Å². The highest BCUT2D eigenvalue weighted by Crippen LogP contribution is 2.18. The molecule has 8 heteroatoms. The van der Waals surface area contributed by atoms with Gasteiger partial charge in [0.25, 0.3) is 5.91 Å². The van der Waals surface area contributed by atoms with Crippen molar-refractivity contribution in [2.75, 3.05) is 7.11 Å². The minimum Gasteiger partial charge on any atom is -0.494 e. The van der Waals surface area contributed by atoms with Crippen molar-refractivity contribution in [1.29, 1.82) is 0 Å². The molecule has 21 heavy (non-hydrogen) atoms. The molecule has 114 valence electrons. The van der Waals surface area contributed by atoms with Crippen LogP contribution in [0.2, 0.25) is 0 Å². The molecule has 0 aliphatic heterocycles. The highest BCUT2D eigenvalue weighted by atomic mass is 19.1. The minimum atomic E-state index is -1.29. The van der Waals surface area contributed by atoms with Crippen molar-refractivity contribution in [2.24, 2.45) is 5.73 Å². The van der Waals surface area contributed by atoms with Gasteiger partial charge >= 0.3 is 5.97 Å². The Morgan fingerprint density at radius 2 is 2.10 bits per heavy atom. The first kappa shape index (κ1) is 16.4. The predicted octanol–water partition coefficient (Wildman–Crippen LogP) is 0.283. The van der Waals surface area contributed by atoms with Gasteiger partial charge in [0.2, 0.25) is 5.91 Å². The Morgan fingerprint density at radius 1 is 1.43 bits per heavy atom. The highest BCUT2D eigenvalue weighted by Gasteiger charge is 2.21. The quantitative estimate of drug-likeness (QED) is 0.668. The summed E-state index contributed by atoms with van der Waals surface area (Å²) in [5, 5.41) is 11.2. The molecule has 0 aliphatic carbocycles. The Bertz CT molecular complexity index is 561. The number of carboxylic acid groups (broad SMARTS) is 1. The number of nitrogens with two attached hydrogens (primary N) is 1. The number of primary amides is 1. The van der Waals surface area contributed by atoms with Crippen LogP contribution in [0.25, 0.3) is 0 Å². The lowest BCUT2D eigenvalue weighted by molar-refractivity contribution is -0.139. The van der Waals surface area contributed by atoms with Crippen LogP contribution in [-0.2, 0) is 9.59 Å². The first-order valence-electron chi connectivity index (χ1n) is 6.00.